The third kappa shape index (κ3) is 3.97. The molecule has 2 nitrogen and oxygen atoms in total. The molecule has 1 fully saturated rings. The number of hydrogen-bond donors (Lipinski definition) is 0. The van der Waals surface area contributed by atoms with Crippen LogP contribution in [0.3, 0.4) is 0 Å². The normalized spacial score (nSPS) is 28.7. The Labute approximate surface area is 89.3 Å². The van der Waals surface area contributed by atoms with Crippen molar-refractivity contribution in [1.29, 1.82) is 0 Å². The zero-order chi connectivity index (χ0) is 10.6. The average molecular weight is 198 g/mol. The van der Waals surface area contributed by atoms with Crippen molar-refractivity contribution in [1.82, 2.24) is 9.80 Å². The highest BCUT2D eigenvalue weighted by Gasteiger charge is 2.25. The number of hydrogen-bond acceptors (Lipinski definition) is 2. The van der Waals surface area contributed by atoms with Crippen LogP contribution in [0.25, 0.3) is 0 Å². The minimum Gasteiger partial charge on any atom is -0.309 e. The van der Waals surface area contributed by atoms with Gasteiger partial charge in [-0.05, 0) is 52.9 Å². The van der Waals surface area contributed by atoms with Gasteiger partial charge < -0.3 is 9.80 Å². The van der Waals surface area contributed by atoms with E-state index >= 15 is 0 Å². The van der Waals surface area contributed by atoms with E-state index in [4.69, 9.17) is 0 Å². The second-order valence-corrected chi connectivity index (χ2v) is 5.33. The van der Waals surface area contributed by atoms with E-state index in [2.05, 4.69) is 38.0 Å². The van der Waals surface area contributed by atoms with Crippen LogP contribution in [-0.4, -0.2) is 51.1 Å². The van der Waals surface area contributed by atoms with Gasteiger partial charge in [-0.3, -0.25) is 0 Å². The standard InChI is InChI=1S/C12H26N2/c1-13(2)9-11-7-5-6-8-12(11)10-14(3)4/h11-12H,5-10H2,1-4H3/t11-,12-/m0/s1. The summed E-state index contributed by atoms with van der Waals surface area (Å²) in [5.41, 5.74) is 0. The molecule has 2 heteroatoms. The first-order valence-electron chi connectivity index (χ1n) is 5.89. The van der Waals surface area contributed by atoms with E-state index in [9.17, 15) is 0 Å². The van der Waals surface area contributed by atoms with Crippen LogP contribution in [0.1, 0.15) is 25.7 Å². The molecule has 1 aliphatic rings. The van der Waals surface area contributed by atoms with Crippen LogP contribution in [0.15, 0.2) is 0 Å². The highest BCUT2D eigenvalue weighted by molar-refractivity contribution is 4.78. The van der Waals surface area contributed by atoms with Gasteiger partial charge in [0.25, 0.3) is 0 Å². The van der Waals surface area contributed by atoms with Crippen LogP contribution in [0.5, 0.6) is 0 Å². The molecule has 2 atom stereocenters. The predicted molar refractivity (Wildman–Crippen MR) is 62.6 cm³/mol. The minimum atomic E-state index is 0.932. The zero-order valence-corrected chi connectivity index (χ0v) is 10.3. The van der Waals surface area contributed by atoms with E-state index < -0.39 is 0 Å². The molecule has 0 unspecified atom stereocenters. The largest absolute Gasteiger partial charge is 0.309 e. The van der Waals surface area contributed by atoms with E-state index in [1.165, 1.54) is 38.8 Å². The van der Waals surface area contributed by atoms with Crippen LogP contribution in [-0.2, 0) is 0 Å². The summed E-state index contributed by atoms with van der Waals surface area (Å²) in [5.74, 6) is 1.86. The Morgan fingerprint density at radius 1 is 0.786 bits per heavy atom. The van der Waals surface area contributed by atoms with Crippen molar-refractivity contribution in [3.8, 4) is 0 Å². The van der Waals surface area contributed by atoms with Crippen LogP contribution in [0, 0.1) is 11.8 Å². The monoisotopic (exact) mass is 198 g/mol. The summed E-state index contributed by atoms with van der Waals surface area (Å²) < 4.78 is 0. The molecule has 14 heavy (non-hydrogen) atoms. The Morgan fingerprint density at radius 3 is 1.43 bits per heavy atom. The van der Waals surface area contributed by atoms with Gasteiger partial charge in [0.2, 0.25) is 0 Å². The maximum Gasteiger partial charge on any atom is 0.000669 e. The van der Waals surface area contributed by atoms with E-state index in [0.717, 1.165) is 11.8 Å². The Hall–Kier alpha value is -0.0800. The first kappa shape index (κ1) is 12.0. The number of rotatable bonds is 4. The van der Waals surface area contributed by atoms with Gasteiger partial charge in [0.1, 0.15) is 0 Å². The van der Waals surface area contributed by atoms with Crippen molar-refractivity contribution < 1.29 is 0 Å². The first-order valence-corrected chi connectivity index (χ1v) is 5.89. The van der Waals surface area contributed by atoms with Gasteiger partial charge in [-0.25, -0.2) is 0 Å². The minimum absolute atomic E-state index is 0.932. The summed E-state index contributed by atoms with van der Waals surface area (Å²) in [6, 6.07) is 0. The van der Waals surface area contributed by atoms with E-state index in [1.54, 1.807) is 0 Å². The zero-order valence-electron chi connectivity index (χ0n) is 10.3. The molecule has 0 aliphatic heterocycles. The molecule has 0 heterocycles. The lowest BCUT2D eigenvalue weighted by atomic mass is 9.79. The molecule has 84 valence electrons. The maximum atomic E-state index is 2.35. The molecule has 1 rings (SSSR count). The molecule has 1 aliphatic carbocycles. The van der Waals surface area contributed by atoms with Gasteiger partial charge in [0.15, 0.2) is 0 Å². The van der Waals surface area contributed by atoms with Crippen molar-refractivity contribution in [2.75, 3.05) is 41.3 Å². The molecule has 1 saturated carbocycles. The molecule has 0 amide bonds. The van der Waals surface area contributed by atoms with Crippen LogP contribution < -0.4 is 0 Å². The molecule has 0 aromatic heterocycles. The lowest BCUT2D eigenvalue weighted by molar-refractivity contribution is 0.153. The number of nitrogens with zero attached hydrogens (tertiary/aromatic N) is 2. The molecule has 0 bridgehead atoms. The van der Waals surface area contributed by atoms with Gasteiger partial charge in [-0.15, -0.1) is 0 Å². The Morgan fingerprint density at radius 2 is 1.14 bits per heavy atom. The second kappa shape index (κ2) is 5.72. The van der Waals surface area contributed by atoms with Gasteiger partial charge in [0.05, 0.1) is 0 Å². The molecule has 0 aromatic carbocycles. The van der Waals surface area contributed by atoms with Crippen molar-refractivity contribution >= 4 is 0 Å². The summed E-state index contributed by atoms with van der Waals surface area (Å²) in [5, 5.41) is 0. The molecule has 0 aromatic rings. The fourth-order valence-corrected chi connectivity index (χ4v) is 2.70. The van der Waals surface area contributed by atoms with Crippen LogP contribution in [0.2, 0.25) is 0 Å². The van der Waals surface area contributed by atoms with Crippen molar-refractivity contribution in [2.45, 2.75) is 25.7 Å². The molecular weight excluding hydrogens is 172 g/mol. The third-order valence-corrected chi connectivity index (χ3v) is 3.27. The summed E-state index contributed by atoms with van der Waals surface area (Å²) in [4.78, 5) is 4.69. The lowest BCUT2D eigenvalue weighted by Gasteiger charge is -2.35. The van der Waals surface area contributed by atoms with E-state index in [0.29, 0.717) is 0 Å². The van der Waals surface area contributed by atoms with Gasteiger partial charge in [-0.2, -0.15) is 0 Å². The summed E-state index contributed by atoms with van der Waals surface area (Å²) >= 11 is 0. The molecule has 0 saturated heterocycles. The van der Waals surface area contributed by atoms with Crippen molar-refractivity contribution in [3.63, 3.8) is 0 Å². The maximum absolute atomic E-state index is 2.35. The quantitative estimate of drug-likeness (QED) is 0.681. The highest BCUT2D eigenvalue weighted by atomic mass is 15.1. The molecule has 0 N–H and O–H groups in total. The Kier molecular flexibility index (Phi) is 4.90. The first-order chi connectivity index (χ1) is 6.59. The predicted octanol–water partition coefficient (Wildman–Crippen LogP) is 1.92. The van der Waals surface area contributed by atoms with E-state index in [1.807, 2.05) is 0 Å². The summed E-state index contributed by atoms with van der Waals surface area (Å²) in [6.45, 7) is 2.55. The molecule has 0 spiro atoms. The van der Waals surface area contributed by atoms with Crippen molar-refractivity contribution in [2.24, 2.45) is 11.8 Å². The van der Waals surface area contributed by atoms with Gasteiger partial charge in [-0.1, -0.05) is 12.8 Å². The fraction of sp³-hybridized carbons (Fsp3) is 1.00. The Balaban J connectivity index is 2.41. The van der Waals surface area contributed by atoms with Gasteiger partial charge in [0, 0.05) is 13.1 Å². The Bertz CT molecular complexity index is 136. The molecule has 0 radical (unpaired) electrons. The topological polar surface area (TPSA) is 6.48 Å². The fourth-order valence-electron chi connectivity index (χ4n) is 2.70. The highest BCUT2D eigenvalue weighted by Crippen LogP contribution is 2.30. The van der Waals surface area contributed by atoms with Crippen LogP contribution >= 0.6 is 0 Å². The molecular formula is C12H26N2. The summed E-state index contributed by atoms with van der Waals surface area (Å²) in [7, 11) is 8.78. The SMILES string of the molecule is CN(C)C[C@@H]1CCCC[C@H]1CN(C)C. The third-order valence-electron chi connectivity index (χ3n) is 3.27. The smallest absolute Gasteiger partial charge is 0.000669 e. The van der Waals surface area contributed by atoms with Crippen molar-refractivity contribution in [3.05, 3.63) is 0 Å². The summed E-state index contributed by atoms with van der Waals surface area (Å²) in [6.07, 6.45) is 5.78. The average Bonchev–Trinajstić information content (AvgIpc) is 2.06. The second-order valence-electron chi connectivity index (χ2n) is 5.33. The van der Waals surface area contributed by atoms with E-state index in [-0.39, 0.29) is 0 Å². The van der Waals surface area contributed by atoms with Crippen LogP contribution in [0.4, 0.5) is 0 Å². The lowest BCUT2D eigenvalue weighted by Crippen LogP contribution is -2.35. The van der Waals surface area contributed by atoms with Gasteiger partial charge >= 0.3 is 0 Å².